The molecule has 4 rings (SSSR count). The van der Waals surface area contributed by atoms with E-state index in [9.17, 15) is 42.8 Å². The number of allylic oxidation sites excluding steroid dienone is 4. The molecule has 0 saturated carbocycles. The lowest BCUT2D eigenvalue weighted by molar-refractivity contribution is -0.438. The highest BCUT2D eigenvalue weighted by atomic mass is 32.2. The van der Waals surface area contributed by atoms with Crippen LogP contribution in [0.3, 0.4) is 0 Å². The van der Waals surface area contributed by atoms with Crippen molar-refractivity contribution in [1.29, 1.82) is 0 Å². The number of unbranched alkanes of at least 4 members (excludes halogenated alkanes) is 2. The molecule has 0 aliphatic carbocycles. The molecule has 62 heavy (non-hydrogen) atoms. The van der Waals surface area contributed by atoms with Gasteiger partial charge in [-0.15, -0.1) is 13.7 Å². The Balaban J connectivity index is 1.71. The molecule has 0 spiro atoms. The minimum absolute atomic E-state index is 0.121. The van der Waals surface area contributed by atoms with Gasteiger partial charge in [-0.3, -0.25) is 13.7 Å². The average Bonchev–Trinajstić information content (AvgIpc) is 3.53. The van der Waals surface area contributed by atoms with Crippen LogP contribution in [0.4, 0.5) is 11.4 Å². The van der Waals surface area contributed by atoms with Gasteiger partial charge in [-0.05, 0) is 88.4 Å². The molecule has 2 aliphatic rings. The summed E-state index contributed by atoms with van der Waals surface area (Å²) in [6, 6.07) is 10.3. The zero-order chi connectivity index (χ0) is 46.0. The number of sulfonamides is 1. The van der Waals surface area contributed by atoms with Crippen molar-refractivity contribution in [3.8, 4) is 0 Å². The van der Waals surface area contributed by atoms with Gasteiger partial charge < -0.3 is 4.90 Å². The highest BCUT2D eigenvalue weighted by Crippen LogP contribution is 2.51. The first-order chi connectivity index (χ1) is 28.9. The van der Waals surface area contributed by atoms with E-state index in [-0.39, 0.29) is 17.7 Å². The molecular weight excluding hydrogens is 937 g/mol. The summed E-state index contributed by atoms with van der Waals surface area (Å²) in [4.78, 5) is 7.59. The van der Waals surface area contributed by atoms with Crippen LogP contribution in [0.15, 0.2) is 70.1 Å². The van der Waals surface area contributed by atoms with E-state index in [0.717, 1.165) is 46.7 Å². The lowest BCUT2D eigenvalue weighted by Gasteiger charge is -2.29. The van der Waals surface area contributed by atoms with Crippen LogP contribution in [0.5, 0.6) is 0 Å². The quantitative estimate of drug-likeness (QED) is 0.0176. The van der Waals surface area contributed by atoms with E-state index >= 15 is 0 Å². The number of nitrogens with one attached hydrogen (secondary N) is 2. The van der Waals surface area contributed by atoms with Crippen LogP contribution >= 0.6 is 24.1 Å². The van der Waals surface area contributed by atoms with Gasteiger partial charge >= 0.3 is 0 Å². The van der Waals surface area contributed by atoms with E-state index in [1.54, 1.807) is 6.07 Å². The second-order valence-electron chi connectivity index (χ2n) is 15.0. The summed E-state index contributed by atoms with van der Waals surface area (Å²) in [6.07, 6.45) is 7.38. The lowest BCUT2D eigenvalue weighted by atomic mass is 9.79. The van der Waals surface area contributed by atoms with Gasteiger partial charge in [0.05, 0.1) is 39.6 Å². The summed E-state index contributed by atoms with van der Waals surface area (Å²) in [5.41, 5.74) is 5.97. The molecule has 0 radical (unpaired) electrons. The van der Waals surface area contributed by atoms with Crippen molar-refractivity contribution in [2.75, 3.05) is 54.1 Å². The topological polar surface area (TPSA) is 285 Å². The van der Waals surface area contributed by atoms with E-state index in [1.165, 1.54) is 12.1 Å². The van der Waals surface area contributed by atoms with Crippen molar-refractivity contribution in [1.82, 2.24) is 10.2 Å². The zero-order valence-corrected chi connectivity index (χ0v) is 39.3. The summed E-state index contributed by atoms with van der Waals surface area (Å²) >= 11 is 1.81. The molecule has 348 valence electrons. The highest BCUT2D eigenvalue weighted by Gasteiger charge is 2.45. The van der Waals surface area contributed by atoms with E-state index in [0.29, 0.717) is 60.8 Å². The van der Waals surface area contributed by atoms with Gasteiger partial charge in [0.2, 0.25) is 15.7 Å². The van der Waals surface area contributed by atoms with E-state index < -0.39 is 75.0 Å². The Kier molecular flexibility index (Phi) is 18.6. The molecule has 1 atom stereocenters. The maximum absolute atomic E-state index is 13.3. The van der Waals surface area contributed by atoms with Crippen molar-refractivity contribution < 1.29 is 75.9 Å². The molecular formula is C36H53N4O16S6+. The Labute approximate surface area is 371 Å². The number of hydrogen-bond donors (Lipinski definition) is 6. The molecule has 6 N–H and O–H groups in total. The van der Waals surface area contributed by atoms with Gasteiger partial charge in [0.15, 0.2) is 5.71 Å². The van der Waals surface area contributed by atoms with Crippen molar-refractivity contribution in [3.05, 3.63) is 71.5 Å². The molecule has 2 aromatic rings. The molecule has 0 amide bonds. The fourth-order valence-electron chi connectivity index (χ4n) is 7.25. The van der Waals surface area contributed by atoms with Crippen LogP contribution in [-0.4, -0.2) is 112 Å². The molecule has 0 aromatic heterocycles. The number of anilines is 1. The van der Waals surface area contributed by atoms with Crippen LogP contribution in [0.1, 0.15) is 70.9 Å². The van der Waals surface area contributed by atoms with E-state index in [1.807, 2.05) is 69.0 Å². The summed E-state index contributed by atoms with van der Waals surface area (Å²) in [5.74, 6) is -1.27. The van der Waals surface area contributed by atoms with Crippen LogP contribution in [-0.2, 0) is 69.9 Å². The normalized spacial score (nSPS) is 18.6. The van der Waals surface area contributed by atoms with Gasteiger partial charge in [-0.2, -0.15) is 35.3 Å². The SMILES string of the molecule is CCC1(C)/C(=C\C=CC2=[N+](CCCCS(=O)(=O)O)c3ccc(SOONCCSOOO)cc3C2(C)C)N(CCCCS(=O)(=O)O)c2ccc(S(=O)(=O)NCCS(=O)(=O)O)cc21. The number of hydroxylamine groups is 1. The average molecular weight is 990 g/mol. The number of benzene rings is 2. The Morgan fingerprint density at radius 2 is 1.50 bits per heavy atom. The molecule has 2 heterocycles. The third kappa shape index (κ3) is 14.5. The van der Waals surface area contributed by atoms with Gasteiger partial charge in [0.1, 0.15) is 6.54 Å². The molecule has 2 aromatic carbocycles. The predicted molar refractivity (Wildman–Crippen MR) is 234 cm³/mol. The fraction of sp³-hybridized carbons (Fsp3) is 0.528. The first kappa shape index (κ1) is 52.1. The maximum Gasteiger partial charge on any atom is 0.266 e. The Morgan fingerprint density at radius 1 is 0.823 bits per heavy atom. The smallest absolute Gasteiger partial charge is 0.266 e. The van der Waals surface area contributed by atoms with Crippen molar-refractivity contribution in [3.63, 3.8) is 0 Å². The molecule has 2 aliphatic heterocycles. The summed E-state index contributed by atoms with van der Waals surface area (Å²) in [6.45, 7) is 8.46. The highest BCUT2D eigenvalue weighted by molar-refractivity contribution is 7.94. The first-order valence-corrected chi connectivity index (χ1v) is 27.2. The molecule has 0 fully saturated rings. The second kappa shape index (κ2) is 22.1. The summed E-state index contributed by atoms with van der Waals surface area (Å²) in [7, 11) is -17.0. The zero-order valence-electron chi connectivity index (χ0n) is 34.4. The van der Waals surface area contributed by atoms with Crippen molar-refractivity contribution in [2.24, 2.45) is 0 Å². The van der Waals surface area contributed by atoms with Crippen LogP contribution in [0.25, 0.3) is 0 Å². The third-order valence-corrected chi connectivity index (χ3v) is 15.3. The lowest BCUT2D eigenvalue weighted by Crippen LogP contribution is -2.30. The Morgan fingerprint density at radius 3 is 2.15 bits per heavy atom. The predicted octanol–water partition coefficient (Wildman–Crippen LogP) is 4.72. The standard InChI is InChI=1S/C36H52N4O16S6/c1-5-36(4)30-26-28(62(51,52)38-18-24-61(48,49)50)14-16-32(30)40(20-7-9-23-60(45,46)47)34(36)12-10-11-33-35(2,3)29-25-27(58-55-53-37-17-21-57-56-54-41)13-15-31(29)39(33)19-6-8-22-59(42,43)44/h10-16,25-26,37-38H,5-9,17-24H2,1-4H3,(H3-,41,42,43,44,45,46,47,48,49,50)/p+1. The molecule has 0 saturated heterocycles. The van der Waals surface area contributed by atoms with Gasteiger partial charge in [0, 0.05) is 83.3 Å². The van der Waals surface area contributed by atoms with Crippen LogP contribution in [0, 0.1) is 0 Å². The van der Waals surface area contributed by atoms with Gasteiger partial charge in [-0.1, -0.05) is 18.0 Å². The first-order valence-electron chi connectivity index (χ1n) is 19.2. The molecule has 20 nitrogen and oxygen atoms in total. The monoisotopic (exact) mass is 989 g/mol. The van der Waals surface area contributed by atoms with Crippen molar-refractivity contribution >= 4 is 81.5 Å². The number of nitrogens with zero attached hydrogens (tertiary/aromatic N) is 2. The minimum atomic E-state index is -4.42. The van der Waals surface area contributed by atoms with Crippen LogP contribution < -0.4 is 15.1 Å². The van der Waals surface area contributed by atoms with Gasteiger partial charge in [-0.25, -0.2) is 18.4 Å². The summed E-state index contributed by atoms with van der Waals surface area (Å²) < 4.78 is 137. The molecule has 26 heteroatoms. The van der Waals surface area contributed by atoms with E-state index in [2.05, 4.69) is 24.1 Å². The van der Waals surface area contributed by atoms with Crippen LogP contribution in [0.2, 0.25) is 0 Å². The number of hydrogen-bond acceptors (Lipinski definition) is 17. The summed E-state index contributed by atoms with van der Waals surface area (Å²) in [5, 5.41) is 11.7. The number of fused-ring (bicyclic) bond motifs is 2. The molecule has 1 unspecified atom stereocenters. The Hall–Kier alpha value is -2.51. The largest absolute Gasteiger partial charge is 0.344 e. The fourth-order valence-corrected chi connectivity index (χ4v) is 10.7. The third-order valence-electron chi connectivity index (χ3n) is 10.4. The Bertz CT molecular complexity index is 2440. The second-order valence-corrected chi connectivity index (χ2v) is 23.1. The number of rotatable bonds is 27. The van der Waals surface area contributed by atoms with Crippen molar-refractivity contribution in [2.45, 2.75) is 80.4 Å². The maximum atomic E-state index is 13.3. The minimum Gasteiger partial charge on any atom is -0.344 e. The van der Waals surface area contributed by atoms with Gasteiger partial charge in [0.25, 0.3) is 30.4 Å². The molecule has 0 bridgehead atoms. The van der Waals surface area contributed by atoms with E-state index in [4.69, 9.17) is 19.1 Å².